The Morgan fingerprint density at radius 1 is 1.32 bits per heavy atom. The van der Waals surface area contributed by atoms with Crippen molar-refractivity contribution in [2.75, 3.05) is 6.54 Å². The van der Waals surface area contributed by atoms with Gasteiger partial charge in [0.15, 0.2) is 0 Å². The molecule has 2 amide bonds. The molecular weight excluding hydrogens is 268 g/mol. The van der Waals surface area contributed by atoms with E-state index in [1.54, 1.807) is 6.07 Å². The van der Waals surface area contributed by atoms with Crippen LogP contribution in [0.25, 0.3) is 6.08 Å². The largest absolute Gasteiger partial charge is 0.478 e. The normalized spacial score (nSPS) is 10.4. The van der Waals surface area contributed by atoms with Gasteiger partial charge in [0.05, 0.1) is 13.1 Å². The van der Waals surface area contributed by atoms with E-state index in [1.807, 2.05) is 6.07 Å². The monoisotopic (exact) mass is 282 g/mol. The van der Waals surface area contributed by atoms with Crippen molar-refractivity contribution in [3.05, 3.63) is 28.0 Å². The summed E-state index contributed by atoms with van der Waals surface area (Å²) in [6.45, 7) is 1.64. The Bertz CT molecular complexity index is 508. The van der Waals surface area contributed by atoms with E-state index in [4.69, 9.17) is 5.11 Å². The Hall–Kier alpha value is -2.15. The molecule has 1 rings (SSSR count). The van der Waals surface area contributed by atoms with Gasteiger partial charge in [0.25, 0.3) is 0 Å². The Balaban J connectivity index is 2.39. The number of carbonyl (C=O) groups excluding carboxylic acids is 2. The Labute approximate surface area is 114 Å². The SMILES string of the molecule is CC(=O)NCC(=O)NCc1ccc(C=CC(=O)O)s1. The number of aliphatic carboxylic acids is 1. The first kappa shape index (κ1) is 14.9. The van der Waals surface area contributed by atoms with Crippen LogP contribution in [0, 0.1) is 0 Å². The zero-order chi connectivity index (χ0) is 14.3. The van der Waals surface area contributed by atoms with E-state index in [0.29, 0.717) is 6.54 Å². The molecule has 0 fully saturated rings. The molecule has 3 N–H and O–H groups in total. The second kappa shape index (κ2) is 7.32. The van der Waals surface area contributed by atoms with Crippen molar-refractivity contribution in [3.8, 4) is 0 Å². The number of rotatable bonds is 6. The summed E-state index contributed by atoms with van der Waals surface area (Å²) in [5.41, 5.74) is 0. The zero-order valence-electron chi connectivity index (χ0n) is 10.3. The number of nitrogens with one attached hydrogen (secondary N) is 2. The molecule has 0 radical (unpaired) electrons. The highest BCUT2D eigenvalue weighted by Gasteiger charge is 2.03. The topological polar surface area (TPSA) is 95.5 Å². The predicted octanol–water partition coefficient (Wildman–Crippen LogP) is 0.598. The fourth-order valence-corrected chi connectivity index (χ4v) is 2.04. The maximum atomic E-state index is 11.3. The maximum absolute atomic E-state index is 11.3. The van der Waals surface area contributed by atoms with Gasteiger partial charge in [-0.15, -0.1) is 11.3 Å². The van der Waals surface area contributed by atoms with Crippen LogP contribution in [0.4, 0.5) is 0 Å². The van der Waals surface area contributed by atoms with Gasteiger partial charge in [-0.1, -0.05) is 0 Å². The Kier molecular flexibility index (Phi) is 5.74. The second-order valence-corrected chi connectivity index (χ2v) is 4.86. The van der Waals surface area contributed by atoms with Crippen LogP contribution in [0.1, 0.15) is 16.7 Å². The number of hydrogen-bond acceptors (Lipinski definition) is 4. The summed E-state index contributed by atoms with van der Waals surface area (Å²) >= 11 is 1.39. The molecule has 0 aromatic carbocycles. The van der Waals surface area contributed by atoms with E-state index in [1.165, 1.54) is 24.3 Å². The van der Waals surface area contributed by atoms with Crippen molar-refractivity contribution < 1.29 is 19.5 Å². The fourth-order valence-electron chi connectivity index (χ4n) is 1.19. The molecule has 7 heteroatoms. The van der Waals surface area contributed by atoms with Crippen LogP contribution < -0.4 is 10.6 Å². The van der Waals surface area contributed by atoms with Crippen LogP contribution in [-0.2, 0) is 20.9 Å². The standard InChI is InChI=1S/C12H14N2O4S/c1-8(15)13-7-11(16)14-6-10-3-2-9(19-10)4-5-12(17)18/h2-5H,6-7H2,1H3,(H,13,15)(H,14,16)(H,17,18). The number of carboxylic acids is 1. The average molecular weight is 282 g/mol. The van der Waals surface area contributed by atoms with Crippen molar-refractivity contribution in [2.45, 2.75) is 13.5 Å². The van der Waals surface area contributed by atoms with Gasteiger partial charge in [0.2, 0.25) is 11.8 Å². The number of carbonyl (C=O) groups is 3. The van der Waals surface area contributed by atoms with Gasteiger partial charge in [-0.3, -0.25) is 9.59 Å². The second-order valence-electron chi connectivity index (χ2n) is 3.66. The fraction of sp³-hybridized carbons (Fsp3) is 0.250. The number of amides is 2. The van der Waals surface area contributed by atoms with Crippen LogP contribution in [0.2, 0.25) is 0 Å². The van der Waals surface area contributed by atoms with Gasteiger partial charge in [-0.05, 0) is 18.2 Å². The van der Waals surface area contributed by atoms with E-state index in [0.717, 1.165) is 15.8 Å². The molecule has 1 aromatic heterocycles. The van der Waals surface area contributed by atoms with Crippen molar-refractivity contribution in [3.63, 3.8) is 0 Å². The highest BCUT2D eigenvalue weighted by Crippen LogP contribution is 2.17. The molecule has 0 aliphatic heterocycles. The minimum atomic E-state index is -1.00. The summed E-state index contributed by atoms with van der Waals surface area (Å²) in [5, 5.41) is 13.5. The smallest absolute Gasteiger partial charge is 0.328 e. The Morgan fingerprint density at radius 2 is 2.05 bits per heavy atom. The minimum absolute atomic E-state index is 0.0491. The highest BCUT2D eigenvalue weighted by molar-refractivity contribution is 7.12. The molecular formula is C12H14N2O4S. The average Bonchev–Trinajstić information content (AvgIpc) is 2.79. The summed E-state index contributed by atoms with van der Waals surface area (Å²) in [6, 6.07) is 3.59. The van der Waals surface area contributed by atoms with Crippen LogP contribution in [0.5, 0.6) is 0 Å². The number of carboxylic acid groups (broad SMARTS) is 1. The molecule has 0 unspecified atom stereocenters. The van der Waals surface area contributed by atoms with Crippen LogP contribution in [-0.4, -0.2) is 29.4 Å². The lowest BCUT2D eigenvalue weighted by molar-refractivity contribution is -0.131. The molecule has 0 spiro atoms. The molecule has 0 saturated carbocycles. The molecule has 0 aliphatic rings. The number of hydrogen-bond donors (Lipinski definition) is 3. The van der Waals surface area contributed by atoms with Gasteiger partial charge < -0.3 is 15.7 Å². The summed E-state index contributed by atoms with van der Waals surface area (Å²) in [5.74, 6) is -1.53. The molecule has 1 aromatic rings. The molecule has 6 nitrogen and oxygen atoms in total. The molecule has 0 bridgehead atoms. The molecule has 19 heavy (non-hydrogen) atoms. The maximum Gasteiger partial charge on any atom is 0.328 e. The van der Waals surface area contributed by atoms with Gasteiger partial charge in [0, 0.05) is 22.8 Å². The lowest BCUT2D eigenvalue weighted by Gasteiger charge is -2.03. The van der Waals surface area contributed by atoms with E-state index >= 15 is 0 Å². The lowest BCUT2D eigenvalue weighted by Crippen LogP contribution is -2.35. The first-order valence-electron chi connectivity index (χ1n) is 5.48. The molecule has 0 atom stereocenters. The van der Waals surface area contributed by atoms with Crippen molar-refractivity contribution >= 4 is 35.2 Å². The minimum Gasteiger partial charge on any atom is -0.478 e. The van der Waals surface area contributed by atoms with Gasteiger partial charge in [-0.25, -0.2) is 4.79 Å². The van der Waals surface area contributed by atoms with E-state index in [-0.39, 0.29) is 18.4 Å². The highest BCUT2D eigenvalue weighted by atomic mass is 32.1. The van der Waals surface area contributed by atoms with Gasteiger partial charge >= 0.3 is 5.97 Å². The summed E-state index contributed by atoms with van der Waals surface area (Å²) in [4.78, 5) is 34.0. The van der Waals surface area contributed by atoms with Crippen molar-refractivity contribution in [1.82, 2.24) is 10.6 Å². The van der Waals surface area contributed by atoms with E-state index in [9.17, 15) is 14.4 Å². The molecule has 1 heterocycles. The summed E-state index contributed by atoms with van der Waals surface area (Å²) in [6.07, 6.45) is 2.56. The summed E-state index contributed by atoms with van der Waals surface area (Å²) < 4.78 is 0. The van der Waals surface area contributed by atoms with Crippen LogP contribution in [0.15, 0.2) is 18.2 Å². The molecule has 0 saturated heterocycles. The van der Waals surface area contributed by atoms with Crippen molar-refractivity contribution in [2.24, 2.45) is 0 Å². The lowest BCUT2D eigenvalue weighted by atomic mass is 10.4. The summed E-state index contributed by atoms with van der Waals surface area (Å²) in [7, 11) is 0. The van der Waals surface area contributed by atoms with E-state index in [2.05, 4.69) is 10.6 Å². The third-order valence-electron chi connectivity index (χ3n) is 2.03. The van der Waals surface area contributed by atoms with Crippen LogP contribution >= 0.6 is 11.3 Å². The first-order chi connectivity index (χ1) is 8.97. The van der Waals surface area contributed by atoms with Gasteiger partial charge in [-0.2, -0.15) is 0 Å². The number of thiophene rings is 1. The zero-order valence-corrected chi connectivity index (χ0v) is 11.1. The van der Waals surface area contributed by atoms with E-state index < -0.39 is 5.97 Å². The quantitative estimate of drug-likeness (QED) is 0.666. The van der Waals surface area contributed by atoms with Crippen LogP contribution in [0.3, 0.4) is 0 Å². The first-order valence-corrected chi connectivity index (χ1v) is 6.30. The molecule has 102 valence electrons. The molecule has 0 aliphatic carbocycles. The predicted molar refractivity (Wildman–Crippen MR) is 71.5 cm³/mol. The Morgan fingerprint density at radius 3 is 2.68 bits per heavy atom. The third-order valence-corrected chi connectivity index (χ3v) is 3.08. The third kappa shape index (κ3) is 6.37. The van der Waals surface area contributed by atoms with Crippen molar-refractivity contribution in [1.29, 1.82) is 0 Å². The van der Waals surface area contributed by atoms with Gasteiger partial charge in [0.1, 0.15) is 0 Å².